The minimum absolute atomic E-state index is 0.111. The quantitative estimate of drug-likeness (QED) is 0.910. The summed E-state index contributed by atoms with van der Waals surface area (Å²) in [5.41, 5.74) is 3.13. The number of ether oxygens (including phenoxy) is 1. The van der Waals surface area contributed by atoms with E-state index in [0.29, 0.717) is 30.4 Å². The van der Waals surface area contributed by atoms with Crippen molar-refractivity contribution < 1.29 is 9.53 Å². The summed E-state index contributed by atoms with van der Waals surface area (Å²) < 4.78 is 5.54. The van der Waals surface area contributed by atoms with Crippen molar-refractivity contribution in [3.05, 3.63) is 58.6 Å². The first-order valence-corrected chi connectivity index (χ1v) is 8.09. The van der Waals surface area contributed by atoms with Gasteiger partial charge >= 0.3 is 6.03 Å². The predicted molar refractivity (Wildman–Crippen MR) is 92.2 cm³/mol. The van der Waals surface area contributed by atoms with Crippen molar-refractivity contribution in [2.45, 2.75) is 19.9 Å². The molecule has 1 aliphatic rings. The maximum Gasteiger partial charge on any atom is 0.322 e. The molecule has 0 fully saturated rings. The second-order valence-corrected chi connectivity index (χ2v) is 5.91. The van der Waals surface area contributed by atoms with Gasteiger partial charge < -0.3 is 15.0 Å². The fourth-order valence-electron chi connectivity index (χ4n) is 2.73. The third-order valence-electron chi connectivity index (χ3n) is 3.86. The Bertz CT molecular complexity index is 718. The number of urea groups is 1. The van der Waals surface area contributed by atoms with Crippen LogP contribution in [0, 0.1) is 0 Å². The number of halogens is 1. The van der Waals surface area contributed by atoms with E-state index in [0.717, 1.165) is 17.7 Å². The maximum atomic E-state index is 12.4. The Labute approximate surface area is 141 Å². The molecular formula is C18H19ClN2O2. The minimum Gasteiger partial charge on any atom is -0.494 e. The highest BCUT2D eigenvalue weighted by Crippen LogP contribution is 2.24. The summed E-state index contributed by atoms with van der Waals surface area (Å²) in [7, 11) is 0. The molecule has 0 saturated carbocycles. The Hall–Kier alpha value is -2.20. The number of nitrogens with zero attached hydrogens (tertiary/aromatic N) is 1. The van der Waals surface area contributed by atoms with E-state index in [2.05, 4.69) is 11.4 Å². The van der Waals surface area contributed by atoms with Crippen LogP contribution in [-0.4, -0.2) is 24.1 Å². The van der Waals surface area contributed by atoms with Gasteiger partial charge in [0, 0.05) is 23.8 Å². The van der Waals surface area contributed by atoms with Crippen LogP contribution in [0.5, 0.6) is 5.75 Å². The summed E-state index contributed by atoms with van der Waals surface area (Å²) in [6, 6.07) is 13.2. The molecule has 0 spiro atoms. The molecule has 23 heavy (non-hydrogen) atoms. The number of anilines is 1. The van der Waals surface area contributed by atoms with Crippen LogP contribution in [0.2, 0.25) is 5.02 Å². The lowest BCUT2D eigenvalue weighted by Crippen LogP contribution is -2.38. The number of nitrogens with one attached hydrogen (secondary N) is 1. The lowest BCUT2D eigenvalue weighted by molar-refractivity contribution is 0.206. The van der Waals surface area contributed by atoms with Crippen LogP contribution in [0.4, 0.5) is 10.5 Å². The van der Waals surface area contributed by atoms with Gasteiger partial charge in [0.15, 0.2) is 0 Å². The molecule has 0 atom stereocenters. The van der Waals surface area contributed by atoms with Crippen LogP contribution < -0.4 is 10.1 Å². The molecule has 0 radical (unpaired) electrons. The summed E-state index contributed by atoms with van der Waals surface area (Å²) in [5, 5.41) is 3.50. The molecule has 120 valence electrons. The lowest BCUT2D eigenvalue weighted by atomic mass is 10.00. The summed E-state index contributed by atoms with van der Waals surface area (Å²) in [5.74, 6) is 0.850. The van der Waals surface area contributed by atoms with Gasteiger partial charge in [0.2, 0.25) is 0 Å². The average Bonchev–Trinajstić information content (AvgIpc) is 2.54. The maximum absolute atomic E-state index is 12.4. The Morgan fingerprint density at radius 1 is 1.26 bits per heavy atom. The van der Waals surface area contributed by atoms with Crippen LogP contribution in [-0.2, 0) is 13.0 Å². The van der Waals surface area contributed by atoms with Crippen LogP contribution in [0.25, 0.3) is 0 Å². The van der Waals surface area contributed by atoms with Crippen LogP contribution in [0.3, 0.4) is 0 Å². The second-order valence-electron chi connectivity index (χ2n) is 5.48. The molecular weight excluding hydrogens is 312 g/mol. The monoisotopic (exact) mass is 330 g/mol. The molecule has 2 aromatic rings. The lowest BCUT2D eigenvalue weighted by Gasteiger charge is -2.29. The first kappa shape index (κ1) is 15.7. The van der Waals surface area contributed by atoms with Crippen molar-refractivity contribution in [1.29, 1.82) is 0 Å². The number of rotatable bonds is 3. The molecule has 0 aliphatic carbocycles. The average molecular weight is 331 g/mol. The molecule has 5 heteroatoms. The molecule has 0 unspecified atom stereocenters. The number of hydrogen-bond donors (Lipinski definition) is 1. The van der Waals surface area contributed by atoms with Gasteiger partial charge in [-0.2, -0.15) is 0 Å². The van der Waals surface area contributed by atoms with Crippen molar-refractivity contribution in [3.8, 4) is 5.75 Å². The Morgan fingerprint density at radius 3 is 2.91 bits per heavy atom. The fourth-order valence-corrected chi connectivity index (χ4v) is 2.92. The Morgan fingerprint density at radius 2 is 2.13 bits per heavy atom. The third-order valence-corrected chi connectivity index (χ3v) is 4.10. The van der Waals surface area contributed by atoms with Crippen LogP contribution in [0.15, 0.2) is 42.5 Å². The molecule has 0 bridgehead atoms. The Kier molecular flexibility index (Phi) is 4.72. The molecule has 0 aromatic heterocycles. The van der Waals surface area contributed by atoms with Crippen molar-refractivity contribution in [2.24, 2.45) is 0 Å². The third kappa shape index (κ3) is 3.77. The van der Waals surface area contributed by atoms with Gasteiger partial charge in [-0.05, 0) is 54.8 Å². The van der Waals surface area contributed by atoms with Gasteiger partial charge in [0.05, 0.1) is 6.61 Å². The highest BCUT2D eigenvalue weighted by atomic mass is 35.5. The smallest absolute Gasteiger partial charge is 0.322 e. The van der Waals surface area contributed by atoms with Crippen molar-refractivity contribution >= 4 is 23.3 Å². The number of fused-ring (bicyclic) bond motifs is 1. The molecule has 3 rings (SSSR count). The van der Waals surface area contributed by atoms with E-state index in [1.807, 2.05) is 31.2 Å². The van der Waals surface area contributed by atoms with E-state index in [4.69, 9.17) is 16.3 Å². The van der Waals surface area contributed by atoms with E-state index >= 15 is 0 Å². The topological polar surface area (TPSA) is 41.6 Å². The van der Waals surface area contributed by atoms with Crippen LogP contribution in [0.1, 0.15) is 18.1 Å². The van der Waals surface area contributed by atoms with E-state index in [9.17, 15) is 4.79 Å². The normalized spacial score (nSPS) is 13.4. The highest BCUT2D eigenvalue weighted by Gasteiger charge is 2.21. The molecule has 0 saturated heterocycles. The van der Waals surface area contributed by atoms with E-state index < -0.39 is 0 Å². The zero-order valence-electron chi connectivity index (χ0n) is 13.0. The van der Waals surface area contributed by atoms with Crippen LogP contribution >= 0.6 is 11.6 Å². The van der Waals surface area contributed by atoms with Gasteiger partial charge in [0.25, 0.3) is 0 Å². The summed E-state index contributed by atoms with van der Waals surface area (Å²) in [6.45, 7) is 3.89. The Balaban J connectivity index is 1.70. The van der Waals surface area contributed by atoms with Gasteiger partial charge in [-0.3, -0.25) is 0 Å². The molecule has 1 heterocycles. The van der Waals surface area contributed by atoms with Crippen molar-refractivity contribution in [1.82, 2.24) is 4.90 Å². The van der Waals surface area contributed by atoms with E-state index in [1.54, 1.807) is 17.0 Å². The SMILES string of the molecule is CCOc1ccc2c(c1)CN(C(=O)Nc1cccc(Cl)c1)CC2. The van der Waals surface area contributed by atoms with E-state index in [-0.39, 0.29) is 6.03 Å². The predicted octanol–water partition coefficient (Wildman–Crippen LogP) is 4.33. The van der Waals surface area contributed by atoms with Gasteiger partial charge in [0.1, 0.15) is 5.75 Å². The zero-order valence-corrected chi connectivity index (χ0v) is 13.8. The molecule has 1 N–H and O–H groups in total. The number of carbonyl (C=O) groups is 1. The first-order chi connectivity index (χ1) is 11.2. The molecule has 4 nitrogen and oxygen atoms in total. The van der Waals surface area contributed by atoms with Gasteiger partial charge in [-0.1, -0.05) is 23.7 Å². The first-order valence-electron chi connectivity index (χ1n) is 7.72. The van der Waals surface area contributed by atoms with E-state index in [1.165, 1.54) is 5.56 Å². The van der Waals surface area contributed by atoms with Crippen molar-refractivity contribution in [2.75, 3.05) is 18.5 Å². The zero-order chi connectivity index (χ0) is 16.2. The second kappa shape index (κ2) is 6.92. The largest absolute Gasteiger partial charge is 0.494 e. The molecule has 2 amide bonds. The molecule has 2 aromatic carbocycles. The molecule has 1 aliphatic heterocycles. The number of hydrogen-bond acceptors (Lipinski definition) is 2. The van der Waals surface area contributed by atoms with Gasteiger partial charge in [-0.15, -0.1) is 0 Å². The standard InChI is InChI=1S/C18H19ClN2O2/c1-2-23-17-7-6-13-8-9-21(12-14(13)10-17)18(22)20-16-5-3-4-15(19)11-16/h3-7,10-11H,2,8-9,12H2,1H3,(H,20,22). The van der Waals surface area contributed by atoms with Gasteiger partial charge in [-0.25, -0.2) is 4.79 Å². The number of benzene rings is 2. The summed E-state index contributed by atoms with van der Waals surface area (Å²) in [4.78, 5) is 14.2. The fraction of sp³-hybridized carbons (Fsp3) is 0.278. The summed E-state index contributed by atoms with van der Waals surface area (Å²) >= 11 is 5.95. The minimum atomic E-state index is -0.111. The number of amides is 2. The summed E-state index contributed by atoms with van der Waals surface area (Å²) in [6.07, 6.45) is 0.852. The number of carbonyl (C=O) groups excluding carboxylic acids is 1. The van der Waals surface area contributed by atoms with Crippen molar-refractivity contribution in [3.63, 3.8) is 0 Å². The highest BCUT2D eigenvalue weighted by molar-refractivity contribution is 6.30.